The number of nitrogens with zero attached hydrogens (tertiary/aromatic N) is 5. The van der Waals surface area contributed by atoms with Gasteiger partial charge in [0.15, 0.2) is 5.82 Å². The Hall–Kier alpha value is -3.34. The summed E-state index contributed by atoms with van der Waals surface area (Å²) in [4.78, 5) is 30.1. The van der Waals surface area contributed by atoms with Gasteiger partial charge in [-0.05, 0) is 18.2 Å². The molecule has 2 aliphatic rings. The summed E-state index contributed by atoms with van der Waals surface area (Å²) < 4.78 is 11.3. The monoisotopic (exact) mass is 478 g/mol. The molecular formula is C25H30N6O4. The molecule has 0 radical (unpaired) electrons. The Bertz CT molecular complexity index is 1150. The van der Waals surface area contributed by atoms with Crippen molar-refractivity contribution >= 4 is 28.4 Å². The lowest BCUT2D eigenvalue weighted by molar-refractivity contribution is -0.138. The fourth-order valence-electron chi connectivity index (χ4n) is 4.44. The van der Waals surface area contributed by atoms with Crippen LogP contribution >= 0.6 is 0 Å². The molecule has 0 aliphatic carbocycles. The van der Waals surface area contributed by atoms with Gasteiger partial charge in [-0.2, -0.15) is 0 Å². The molecule has 4 heterocycles. The Labute approximate surface area is 203 Å². The lowest BCUT2D eigenvalue weighted by Gasteiger charge is -2.33. The van der Waals surface area contributed by atoms with Gasteiger partial charge >= 0.3 is 0 Å². The lowest BCUT2D eigenvalue weighted by Crippen LogP contribution is -2.48. The highest BCUT2D eigenvalue weighted by Crippen LogP contribution is 2.27. The number of aliphatic hydroxyl groups excluding tert-OH is 1. The number of hydrogen-bond donors (Lipinski definition) is 2. The quantitative estimate of drug-likeness (QED) is 0.522. The maximum absolute atomic E-state index is 12.2. The van der Waals surface area contributed by atoms with Crippen molar-refractivity contribution in [1.82, 2.24) is 19.9 Å². The lowest BCUT2D eigenvalue weighted by atomic mass is 10.1. The van der Waals surface area contributed by atoms with Gasteiger partial charge in [-0.3, -0.25) is 9.78 Å². The van der Waals surface area contributed by atoms with Crippen LogP contribution in [0.5, 0.6) is 0 Å². The minimum Gasteiger partial charge on any atom is -0.396 e. The van der Waals surface area contributed by atoms with Crippen LogP contribution in [0.1, 0.15) is 6.42 Å². The molecule has 35 heavy (non-hydrogen) atoms. The summed E-state index contributed by atoms with van der Waals surface area (Å²) in [6.45, 7) is 5.09. The standard InChI is InChI=1S/C25H30N6O4/c32-11-5-23(33)31-10-14-35-20(17-31)16-28-25-24-22(26-6-7-27-24)15-21(29-25)18-1-3-19(4-2-18)30-8-12-34-13-9-30/h1-4,6-7,15,20,32H,5,8-14,16-17H2,(H,28,29). The molecule has 10 nitrogen and oxygen atoms in total. The molecule has 184 valence electrons. The minimum atomic E-state index is -0.184. The summed E-state index contributed by atoms with van der Waals surface area (Å²) in [5.41, 5.74) is 4.41. The topological polar surface area (TPSA) is 113 Å². The Morgan fingerprint density at radius 2 is 1.89 bits per heavy atom. The second kappa shape index (κ2) is 10.9. The van der Waals surface area contributed by atoms with Crippen LogP contribution in [0, 0.1) is 0 Å². The van der Waals surface area contributed by atoms with Gasteiger partial charge < -0.3 is 29.7 Å². The molecule has 10 heteroatoms. The molecule has 1 unspecified atom stereocenters. The molecule has 0 spiro atoms. The summed E-state index contributed by atoms with van der Waals surface area (Å²) in [5, 5.41) is 12.4. The second-order valence-corrected chi connectivity index (χ2v) is 8.61. The van der Waals surface area contributed by atoms with Crippen molar-refractivity contribution in [2.75, 3.05) is 69.4 Å². The van der Waals surface area contributed by atoms with E-state index in [0.29, 0.717) is 37.6 Å². The molecule has 2 saturated heterocycles. The number of carbonyl (C=O) groups excluding carboxylic acids is 1. The fraction of sp³-hybridized carbons (Fsp3) is 0.440. The number of pyridine rings is 1. The third kappa shape index (κ3) is 5.50. The average Bonchev–Trinajstić information content (AvgIpc) is 2.92. The van der Waals surface area contributed by atoms with Crippen LogP contribution in [0.25, 0.3) is 22.3 Å². The predicted octanol–water partition coefficient (Wildman–Crippen LogP) is 1.55. The Kier molecular flexibility index (Phi) is 7.31. The number of anilines is 2. The highest BCUT2D eigenvalue weighted by atomic mass is 16.5. The summed E-state index contributed by atoms with van der Waals surface area (Å²) >= 11 is 0. The summed E-state index contributed by atoms with van der Waals surface area (Å²) in [7, 11) is 0. The molecule has 3 aromatic rings. The summed E-state index contributed by atoms with van der Waals surface area (Å²) in [5.74, 6) is 0.572. The molecule has 0 saturated carbocycles. The van der Waals surface area contributed by atoms with Crippen molar-refractivity contribution in [3.63, 3.8) is 0 Å². The number of carbonyl (C=O) groups is 1. The van der Waals surface area contributed by atoms with E-state index >= 15 is 0 Å². The first-order valence-corrected chi connectivity index (χ1v) is 12.0. The van der Waals surface area contributed by atoms with Crippen molar-refractivity contribution in [2.45, 2.75) is 12.5 Å². The van der Waals surface area contributed by atoms with Crippen LogP contribution in [0.15, 0.2) is 42.7 Å². The highest BCUT2D eigenvalue weighted by Gasteiger charge is 2.24. The van der Waals surface area contributed by atoms with Crippen LogP contribution in [-0.2, 0) is 14.3 Å². The zero-order valence-electron chi connectivity index (χ0n) is 19.6. The van der Waals surface area contributed by atoms with E-state index in [1.165, 1.54) is 5.69 Å². The Morgan fingerprint density at radius 3 is 2.69 bits per heavy atom. The van der Waals surface area contributed by atoms with E-state index in [4.69, 9.17) is 19.6 Å². The number of hydrogen-bond acceptors (Lipinski definition) is 9. The molecule has 1 atom stereocenters. The largest absolute Gasteiger partial charge is 0.396 e. The van der Waals surface area contributed by atoms with E-state index in [-0.39, 0.29) is 25.0 Å². The molecule has 2 aliphatic heterocycles. The SMILES string of the molecule is O=C(CCO)N1CCOC(CNc2nc(-c3ccc(N4CCOCC4)cc3)cc3nccnc23)C1. The normalized spacial score (nSPS) is 18.6. The van der Waals surface area contributed by atoms with Gasteiger partial charge in [0, 0.05) is 62.8 Å². The Balaban J connectivity index is 1.34. The van der Waals surface area contributed by atoms with E-state index in [0.717, 1.165) is 43.1 Å². The number of amides is 1. The van der Waals surface area contributed by atoms with Crippen molar-refractivity contribution in [3.05, 3.63) is 42.7 Å². The minimum absolute atomic E-state index is 0.0576. The number of benzene rings is 1. The molecule has 1 aromatic carbocycles. The van der Waals surface area contributed by atoms with Gasteiger partial charge in [0.2, 0.25) is 5.91 Å². The average molecular weight is 479 g/mol. The summed E-state index contributed by atoms with van der Waals surface area (Å²) in [6, 6.07) is 10.3. The maximum atomic E-state index is 12.2. The van der Waals surface area contributed by atoms with Gasteiger partial charge in [-0.15, -0.1) is 0 Å². The molecular weight excluding hydrogens is 448 g/mol. The summed E-state index contributed by atoms with van der Waals surface area (Å²) in [6.07, 6.45) is 3.27. The van der Waals surface area contributed by atoms with Crippen LogP contribution < -0.4 is 10.2 Å². The third-order valence-corrected chi connectivity index (χ3v) is 6.31. The number of nitrogens with one attached hydrogen (secondary N) is 1. The molecule has 2 fully saturated rings. The van der Waals surface area contributed by atoms with E-state index in [9.17, 15) is 4.79 Å². The van der Waals surface area contributed by atoms with Gasteiger partial charge in [0.25, 0.3) is 0 Å². The van der Waals surface area contributed by atoms with Gasteiger partial charge in [-0.1, -0.05) is 12.1 Å². The number of morpholine rings is 2. The number of rotatable bonds is 7. The smallest absolute Gasteiger partial charge is 0.225 e. The molecule has 5 rings (SSSR count). The van der Waals surface area contributed by atoms with Gasteiger partial charge in [-0.25, -0.2) is 9.97 Å². The highest BCUT2D eigenvalue weighted by molar-refractivity contribution is 5.88. The van der Waals surface area contributed by atoms with E-state index in [1.54, 1.807) is 17.3 Å². The van der Waals surface area contributed by atoms with Crippen LogP contribution in [-0.4, -0.2) is 96.1 Å². The second-order valence-electron chi connectivity index (χ2n) is 8.61. The molecule has 2 aromatic heterocycles. The predicted molar refractivity (Wildman–Crippen MR) is 132 cm³/mol. The van der Waals surface area contributed by atoms with Crippen LogP contribution in [0.2, 0.25) is 0 Å². The van der Waals surface area contributed by atoms with E-state index in [1.807, 2.05) is 6.07 Å². The van der Waals surface area contributed by atoms with Crippen LogP contribution in [0.4, 0.5) is 11.5 Å². The number of ether oxygens (including phenoxy) is 2. The third-order valence-electron chi connectivity index (χ3n) is 6.31. The maximum Gasteiger partial charge on any atom is 0.225 e. The molecule has 2 N–H and O–H groups in total. The van der Waals surface area contributed by atoms with Gasteiger partial charge in [0.05, 0.1) is 43.7 Å². The number of fused-ring (bicyclic) bond motifs is 1. The van der Waals surface area contributed by atoms with Crippen molar-refractivity contribution in [3.8, 4) is 11.3 Å². The van der Waals surface area contributed by atoms with Crippen molar-refractivity contribution in [2.24, 2.45) is 0 Å². The number of aromatic nitrogens is 3. The number of aliphatic hydroxyl groups is 1. The van der Waals surface area contributed by atoms with Crippen molar-refractivity contribution < 1.29 is 19.4 Å². The molecule has 1 amide bonds. The van der Waals surface area contributed by atoms with Crippen molar-refractivity contribution in [1.29, 1.82) is 0 Å². The first-order chi connectivity index (χ1) is 17.2. The zero-order chi connectivity index (χ0) is 24.0. The molecule has 0 bridgehead atoms. The fourth-order valence-corrected chi connectivity index (χ4v) is 4.44. The first kappa shape index (κ1) is 23.4. The Morgan fingerprint density at radius 1 is 1.09 bits per heavy atom. The zero-order valence-corrected chi connectivity index (χ0v) is 19.6. The van der Waals surface area contributed by atoms with Gasteiger partial charge in [0.1, 0.15) is 5.52 Å². The van der Waals surface area contributed by atoms with E-state index < -0.39 is 0 Å². The first-order valence-electron chi connectivity index (χ1n) is 12.0. The van der Waals surface area contributed by atoms with E-state index in [2.05, 4.69) is 44.5 Å². The van der Waals surface area contributed by atoms with Crippen LogP contribution in [0.3, 0.4) is 0 Å².